The van der Waals surface area contributed by atoms with Gasteiger partial charge in [0.25, 0.3) is 0 Å². The molecule has 1 N–H and O–H groups in total. The first-order valence-electron chi connectivity index (χ1n) is 13.3. The number of ether oxygens (including phenoxy) is 2. The molecule has 4 heterocycles. The van der Waals surface area contributed by atoms with Crippen LogP contribution in [0.3, 0.4) is 0 Å². The van der Waals surface area contributed by atoms with E-state index in [9.17, 15) is 4.79 Å². The van der Waals surface area contributed by atoms with Crippen LogP contribution in [0.25, 0.3) is 11.3 Å². The Morgan fingerprint density at radius 2 is 2.00 bits per heavy atom. The minimum Gasteiger partial charge on any atom is -0.480 e. The zero-order valence-corrected chi connectivity index (χ0v) is 21.5. The fourth-order valence-electron chi connectivity index (χ4n) is 6.31. The second kappa shape index (κ2) is 8.26. The molecule has 1 atom stereocenters. The van der Waals surface area contributed by atoms with Crippen molar-refractivity contribution in [3.63, 3.8) is 0 Å². The van der Waals surface area contributed by atoms with Crippen molar-refractivity contribution < 1.29 is 14.3 Å². The Morgan fingerprint density at radius 1 is 1.23 bits per heavy atom. The van der Waals surface area contributed by atoms with Crippen molar-refractivity contribution in [2.45, 2.75) is 76.4 Å². The number of carbonyl (C=O) groups excluding carboxylic acids is 1. The summed E-state index contributed by atoms with van der Waals surface area (Å²) in [6.07, 6.45) is 5.81. The van der Waals surface area contributed by atoms with Crippen molar-refractivity contribution in [3.05, 3.63) is 35.3 Å². The summed E-state index contributed by atoms with van der Waals surface area (Å²) in [5.74, 6) is 3.06. The van der Waals surface area contributed by atoms with Gasteiger partial charge in [-0.25, -0.2) is 9.78 Å². The molecule has 1 spiro atoms. The fraction of sp³-hybridized carbons (Fsp3) is 0.643. The highest BCUT2D eigenvalue weighted by Crippen LogP contribution is 2.51. The molecule has 0 radical (unpaired) electrons. The first-order chi connectivity index (χ1) is 16.7. The normalized spacial score (nSPS) is 24.5. The van der Waals surface area contributed by atoms with Crippen LogP contribution in [0.5, 0.6) is 5.75 Å². The minimum absolute atomic E-state index is 0.102. The van der Waals surface area contributed by atoms with Gasteiger partial charge in [-0.05, 0) is 76.6 Å². The summed E-state index contributed by atoms with van der Waals surface area (Å²) in [5.41, 5.74) is 4.12. The molecular formula is C28H38N4O3. The third kappa shape index (κ3) is 4.11. The van der Waals surface area contributed by atoms with E-state index in [2.05, 4.69) is 55.9 Å². The van der Waals surface area contributed by atoms with E-state index >= 15 is 0 Å². The molecule has 1 aromatic heterocycles. The summed E-state index contributed by atoms with van der Waals surface area (Å²) in [6.45, 7) is 9.49. The number of benzene rings is 1. The van der Waals surface area contributed by atoms with Crippen molar-refractivity contribution in [1.29, 1.82) is 0 Å². The summed E-state index contributed by atoms with van der Waals surface area (Å²) < 4.78 is 14.8. The summed E-state index contributed by atoms with van der Waals surface area (Å²) in [6, 6.07) is 6.44. The van der Waals surface area contributed by atoms with E-state index in [0.717, 1.165) is 55.1 Å². The number of aryl methyl sites for hydroxylation is 1. The van der Waals surface area contributed by atoms with Crippen LogP contribution < -0.4 is 10.1 Å². The smallest absolute Gasteiger partial charge is 0.409 e. The predicted octanol–water partition coefficient (Wildman–Crippen LogP) is 4.87. The second-order valence-corrected chi connectivity index (χ2v) is 11.8. The van der Waals surface area contributed by atoms with E-state index in [1.165, 1.54) is 24.1 Å². The number of carbonyl (C=O) groups is 1. The molecule has 0 unspecified atom stereocenters. The Bertz CT molecular complexity index is 1140. The van der Waals surface area contributed by atoms with Crippen molar-refractivity contribution in [1.82, 2.24) is 19.8 Å². The summed E-state index contributed by atoms with van der Waals surface area (Å²) >= 11 is 0. The summed E-state index contributed by atoms with van der Waals surface area (Å²) in [4.78, 5) is 19.8. The molecule has 7 nitrogen and oxygen atoms in total. The van der Waals surface area contributed by atoms with Gasteiger partial charge in [-0.1, -0.05) is 6.07 Å². The van der Waals surface area contributed by atoms with Gasteiger partial charge >= 0.3 is 6.09 Å². The quantitative estimate of drug-likeness (QED) is 0.682. The topological polar surface area (TPSA) is 68.6 Å². The number of hydrogen-bond acceptors (Lipinski definition) is 5. The highest BCUT2D eigenvalue weighted by atomic mass is 16.6. The average molecular weight is 479 g/mol. The Hall–Kier alpha value is -2.54. The molecule has 3 fully saturated rings. The number of fused-ring (bicyclic) bond motifs is 4. The third-order valence-electron chi connectivity index (χ3n) is 8.45. The number of likely N-dealkylation sites (tertiary alicyclic amines) is 1. The number of hydrogen-bond donors (Lipinski definition) is 1. The molecule has 1 amide bonds. The number of piperidine rings is 2. The van der Waals surface area contributed by atoms with Crippen molar-refractivity contribution in [2.75, 3.05) is 26.2 Å². The number of nitrogens with zero attached hydrogens (tertiary/aromatic N) is 3. The molecule has 7 heteroatoms. The van der Waals surface area contributed by atoms with Crippen molar-refractivity contribution >= 4 is 6.09 Å². The molecule has 1 aliphatic carbocycles. The van der Waals surface area contributed by atoms with E-state index in [1.54, 1.807) is 0 Å². The first-order valence-corrected chi connectivity index (χ1v) is 13.3. The van der Waals surface area contributed by atoms with Gasteiger partial charge in [0.05, 0.1) is 18.0 Å². The monoisotopic (exact) mass is 478 g/mol. The standard InChI is InChI=1S/C28H38N4O3/c1-18-5-8-21-22(15-18)35-28(10-13-32(14-11-28)26(33)34-17-19-6-7-19)24-23(21)30-25(31(24)4)20-9-12-29-27(2,3)16-20/h5,8,15,19-20,29H,6-7,9-14,16-17H2,1-4H3/t20-/m1/s1. The van der Waals surface area contributed by atoms with E-state index in [1.807, 2.05) is 4.90 Å². The zero-order valence-electron chi connectivity index (χ0n) is 21.5. The lowest BCUT2D eigenvalue weighted by Gasteiger charge is -2.44. The maximum absolute atomic E-state index is 12.7. The molecule has 0 bridgehead atoms. The van der Waals surface area contributed by atoms with Crippen LogP contribution in [0.1, 0.15) is 75.4 Å². The molecule has 6 rings (SSSR count). The number of imidazole rings is 1. The third-order valence-corrected chi connectivity index (χ3v) is 8.45. The molecule has 4 aliphatic rings. The second-order valence-electron chi connectivity index (χ2n) is 11.8. The molecule has 1 aromatic carbocycles. The van der Waals surface area contributed by atoms with Crippen LogP contribution >= 0.6 is 0 Å². The lowest BCUT2D eigenvalue weighted by atomic mass is 9.83. The van der Waals surface area contributed by atoms with Crippen LogP contribution in [0, 0.1) is 12.8 Å². The maximum atomic E-state index is 12.7. The lowest BCUT2D eigenvalue weighted by molar-refractivity contribution is -0.0112. The van der Waals surface area contributed by atoms with E-state index in [-0.39, 0.29) is 11.6 Å². The van der Waals surface area contributed by atoms with Gasteiger partial charge in [-0.15, -0.1) is 0 Å². The molecule has 2 aromatic rings. The number of aromatic nitrogens is 2. The SMILES string of the molecule is Cc1ccc2c(c1)OC1(CCN(C(=O)OCC3CC3)CC1)c1c-2nc([C@@H]2CCNC(C)(C)C2)n1C. The van der Waals surface area contributed by atoms with Crippen molar-refractivity contribution in [3.8, 4) is 17.0 Å². The Balaban J connectivity index is 1.34. The first kappa shape index (κ1) is 22.9. The number of amides is 1. The van der Waals surface area contributed by atoms with Crippen LogP contribution in [-0.4, -0.2) is 52.3 Å². The molecule has 2 saturated heterocycles. The van der Waals surface area contributed by atoms with Crippen molar-refractivity contribution in [2.24, 2.45) is 13.0 Å². The molecular weight excluding hydrogens is 440 g/mol. The van der Waals surface area contributed by atoms with E-state index in [0.29, 0.717) is 31.5 Å². The number of rotatable bonds is 3. The molecule has 1 saturated carbocycles. The van der Waals surface area contributed by atoms with Gasteiger partial charge in [0, 0.05) is 50.0 Å². The van der Waals surface area contributed by atoms with Crippen LogP contribution in [-0.2, 0) is 17.4 Å². The van der Waals surface area contributed by atoms with Gasteiger partial charge < -0.3 is 24.3 Å². The fourth-order valence-corrected chi connectivity index (χ4v) is 6.31. The highest BCUT2D eigenvalue weighted by Gasteiger charge is 2.48. The largest absolute Gasteiger partial charge is 0.480 e. The van der Waals surface area contributed by atoms with E-state index < -0.39 is 5.60 Å². The minimum atomic E-state index is -0.480. The van der Waals surface area contributed by atoms with Gasteiger partial charge in [0.1, 0.15) is 11.6 Å². The van der Waals surface area contributed by atoms with Gasteiger partial charge in [0.15, 0.2) is 5.60 Å². The highest BCUT2D eigenvalue weighted by molar-refractivity contribution is 5.74. The maximum Gasteiger partial charge on any atom is 0.409 e. The Kier molecular flexibility index (Phi) is 5.40. The molecule has 3 aliphatic heterocycles. The molecule has 35 heavy (non-hydrogen) atoms. The number of nitrogens with one attached hydrogen (secondary N) is 1. The summed E-state index contributed by atoms with van der Waals surface area (Å²) in [7, 11) is 2.16. The molecule has 188 valence electrons. The Labute approximate surface area is 208 Å². The Morgan fingerprint density at radius 3 is 2.71 bits per heavy atom. The van der Waals surface area contributed by atoms with Gasteiger partial charge in [-0.2, -0.15) is 0 Å². The predicted molar refractivity (Wildman–Crippen MR) is 135 cm³/mol. The van der Waals surface area contributed by atoms with Crippen LogP contribution in [0.15, 0.2) is 18.2 Å². The van der Waals surface area contributed by atoms with Crippen LogP contribution in [0.2, 0.25) is 0 Å². The van der Waals surface area contributed by atoms with Crippen LogP contribution in [0.4, 0.5) is 4.79 Å². The van der Waals surface area contributed by atoms with Gasteiger partial charge in [0.2, 0.25) is 0 Å². The summed E-state index contributed by atoms with van der Waals surface area (Å²) in [5, 5.41) is 3.64. The zero-order chi connectivity index (χ0) is 24.4. The van der Waals surface area contributed by atoms with Gasteiger partial charge in [-0.3, -0.25) is 0 Å². The van der Waals surface area contributed by atoms with E-state index in [4.69, 9.17) is 14.5 Å². The average Bonchev–Trinajstić information content (AvgIpc) is 3.58. The lowest BCUT2D eigenvalue weighted by Crippen LogP contribution is -2.50.